The molecule has 0 saturated heterocycles. The number of amides is 1. The average molecular weight is 458 g/mol. The molecule has 3 aromatic rings. The molecule has 0 saturated carbocycles. The number of carbonyl (C=O) groups excluding carboxylic acids is 2. The Kier molecular flexibility index (Phi) is 8.09. The summed E-state index contributed by atoms with van der Waals surface area (Å²) in [6.07, 6.45) is 0.813. The van der Waals surface area contributed by atoms with Gasteiger partial charge in [-0.05, 0) is 50.1 Å². The molecule has 1 heterocycles. The highest BCUT2D eigenvalue weighted by Crippen LogP contribution is 2.36. The minimum Gasteiger partial charge on any atom is -0.494 e. The number of aryl methyl sites for hydroxylation is 1. The standard InChI is InChI=1S/C24H24ClNO4S/c1-3-29-24(28)22-20(17-8-6-16(2)7-9-17)15-31-23(22)26-21(27)5-4-14-30-19-12-10-18(25)11-13-19/h6-13,15H,3-5,14H2,1-2H3,(H,26,27). The molecule has 2 aromatic carbocycles. The number of thiophene rings is 1. The summed E-state index contributed by atoms with van der Waals surface area (Å²) in [5.74, 6) is 0.0821. The molecule has 0 atom stereocenters. The molecule has 0 radical (unpaired) electrons. The van der Waals surface area contributed by atoms with E-state index in [1.165, 1.54) is 11.3 Å². The van der Waals surface area contributed by atoms with Crippen molar-refractivity contribution in [3.05, 3.63) is 70.1 Å². The third-order valence-electron chi connectivity index (χ3n) is 4.52. The van der Waals surface area contributed by atoms with Crippen molar-refractivity contribution in [1.29, 1.82) is 0 Å². The summed E-state index contributed by atoms with van der Waals surface area (Å²) >= 11 is 7.17. The monoisotopic (exact) mass is 457 g/mol. The van der Waals surface area contributed by atoms with E-state index >= 15 is 0 Å². The fourth-order valence-corrected chi connectivity index (χ4v) is 4.04. The van der Waals surface area contributed by atoms with Gasteiger partial charge in [-0.15, -0.1) is 11.3 Å². The molecule has 1 N–H and O–H groups in total. The van der Waals surface area contributed by atoms with Gasteiger partial charge in [0.2, 0.25) is 5.91 Å². The third kappa shape index (κ3) is 6.32. The molecule has 1 amide bonds. The van der Waals surface area contributed by atoms with Crippen molar-refractivity contribution in [2.75, 3.05) is 18.5 Å². The van der Waals surface area contributed by atoms with Gasteiger partial charge in [-0.25, -0.2) is 4.79 Å². The van der Waals surface area contributed by atoms with Crippen LogP contribution in [-0.4, -0.2) is 25.1 Å². The Hall–Kier alpha value is -2.83. The van der Waals surface area contributed by atoms with Crippen LogP contribution in [0.3, 0.4) is 0 Å². The maximum absolute atomic E-state index is 12.6. The first-order valence-electron chi connectivity index (χ1n) is 10.0. The molecule has 3 rings (SSSR count). The smallest absolute Gasteiger partial charge is 0.341 e. The lowest BCUT2D eigenvalue weighted by Crippen LogP contribution is -2.15. The first-order valence-corrected chi connectivity index (χ1v) is 11.3. The first kappa shape index (κ1) is 22.8. The highest BCUT2D eigenvalue weighted by molar-refractivity contribution is 7.15. The highest BCUT2D eigenvalue weighted by Gasteiger charge is 2.22. The van der Waals surface area contributed by atoms with Gasteiger partial charge in [-0.2, -0.15) is 0 Å². The highest BCUT2D eigenvalue weighted by atomic mass is 35.5. The third-order valence-corrected chi connectivity index (χ3v) is 5.66. The largest absolute Gasteiger partial charge is 0.494 e. The van der Waals surface area contributed by atoms with Crippen LogP contribution >= 0.6 is 22.9 Å². The summed E-state index contributed by atoms with van der Waals surface area (Å²) in [4.78, 5) is 25.1. The van der Waals surface area contributed by atoms with Crippen LogP contribution in [0.5, 0.6) is 5.75 Å². The Balaban J connectivity index is 1.64. The second-order valence-electron chi connectivity index (χ2n) is 6.89. The SMILES string of the molecule is CCOC(=O)c1c(-c2ccc(C)cc2)csc1NC(=O)CCCOc1ccc(Cl)cc1. The van der Waals surface area contributed by atoms with E-state index in [4.69, 9.17) is 21.1 Å². The van der Waals surface area contributed by atoms with E-state index in [1.54, 1.807) is 31.2 Å². The molecule has 0 fully saturated rings. The first-order chi connectivity index (χ1) is 15.0. The van der Waals surface area contributed by atoms with Gasteiger partial charge in [0.15, 0.2) is 0 Å². The topological polar surface area (TPSA) is 64.6 Å². The van der Waals surface area contributed by atoms with Gasteiger partial charge < -0.3 is 14.8 Å². The second kappa shape index (κ2) is 11.0. The van der Waals surface area contributed by atoms with E-state index in [0.717, 1.165) is 16.7 Å². The summed E-state index contributed by atoms with van der Waals surface area (Å²) in [6.45, 7) is 4.43. The number of ether oxygens (including phenoxy) is 2. The van der Waals surface area contributed by atoms with E-state index in [1.807, 2.05) is 36.6 Å². The molecule has 1 aromatic heterocycles. The van der Waals surface area contributed by atoms with E-state index in [-0.39, 0.29) is 18.9 Å². The number of hydrogen-bond donors (Lipinski definition) is 1. The zero-order chi connectivity index (χ0) is 22.2. The Morgan fingerprint density at radius 1 is 1.06 bits per heavy atom. The van der Waals surface area contributed by atoms with Crippen molar-refractivity contribution in [3.63, 3.8) is 0 Å². The predicted molar refractivity (Wildman–Crippen MR) is 125 cm³/mol. The molecule has 0 unspecified atom stereocenters. The van der Waals surface area contributed by atoms with Crippen LogP contribution in [0, 0.1) is 6.92 Å². The Bertz CT molecular complexity index is 1030. The minimum atomic E-state index is -0.444. The van der Waals surface area contributed by atoms with Gasteiger partial charge in [0.1, 0.15) is 16.3 Å². The van der Waals surface area contributed by atoms with Crippen molar-refractivity contribution in [2.24, 2.45) is 0 Å². The maximum Gasteiger partial charge on any atom is 0.341 e. The summed E-state index contributed by atoms with van der Waals surface area (Å²) < 4.78 is 10.9. The quantitative estimate of drug-likeness (QED) is 0.300. The lowest BCUT2D eigenvalue weighted by Gasteiger charge is -2.09. The van der Waals surface area contributed by atoms with Gasteiger partial charge in [-0.3, -0.25) is 4.79 Å². The van der Waals surface area contributed by atoms with Gasteiger partial charge in [0.25, 0.3) is 0 Å². The molecule has 5 nitrogen and oxygen atoms in total. The van der Waals surface area contributed by atoms with E-state index in [9.17, 15) is 9.59 Å². The zero-order valence-corrected chi connectivity index (χ0v) is 19.0. The summed E-state index contributed by atoms with van der Waals surface area (Å²) in [5, 5.41) is 5.88. The van der Waals surface area contributed by atoms with Crippen molar-refractivity contribution in [3.8, 4) is 16.9 Å². The summed E-state index contributed by atoms with van der Waals surface area (Å²) in [7, 11) is 0. The lowest BCUT2D eigenvalue weighted by molar-refractivity contribution is -0.116. The molecular formula is C24H24ClNO4S. The van der Waals surface area contributed by atoms with E-state index in [2.05, 4.69) is 5.32 Å². The maximum atomic E-state index is 12.6. The van der Waals surface area contributed by atoms with Crippen LogP contribution in [-0.2, 0) is 9.53 Å². The molecule has 162 valence electrons. The van der Waals surface area contributed by atoms with Crippen LogP contribution in [0.1, 0.15) is 35.7 Å². The van der Waals surface area contributed by atoms with Crippen LogP contribution in [0.4, 0.5) is 5.00 Å². The van der Waals surface area contributed by atoms with Crippen LogP contribution < -0.4 is 10.1 Å². The van der Waals surface area contributed by atoms with Gasteiger partial charge in [-0.1, -0.05) is 41.4 Å². The average Bonchev–Trinajstić information content (AvgIpc) is 3.16. The fourth-order valence-electron chi connectivity index (χ4n) is 2.94. The van der Waals surface area contributed by atoms with Crippen LogP contribution in [0.15, 0.2) is 53.9 Å². The molecule has 0 aliphatic rings. The number of esters is 1. The van der Waals surface area contributed by atoms with E-state index < -0.39 is 5.97 Å². The second-order valence-corrected chi connectivity index (χ2v) is 8.21. The summed E-state index contributed by atoms with van der Waals surface area (Å²) in [5.41, 5.74) is 3.18. The number of carbonyl (C=O) groups is 2. The number of anilines is 1. The minimum absolute atomic E-state index is 0.178. The summed E-state index contributed by atoms with van der Waals surface area (Å²) in [6, 6.07) is 15.0. The van der Waals surface area contributed by atoms with Gasteiger partial charge in [0.05, 0.1) is 13.2 Å². The number of halogens is 1. The molecule has 0 bridgehead atoms. The number of nitrogens with one attached hydrogen (secondary N) is 1. The Morgan fingerprint density at radius 2 is 1.77 bits per heavy atom. The Labute approximate surface area is 191 Å². The molecule has 31 heavy (non-hydrogen) atoms. The predicted octanol–water partition coefficient (Wildman–Crippen LogP) is 6.35. The van der Waals surface area contributed by atoms with Crippen molar-refractivity contribution in [1.82, 2.24) is 0 Å². The van der Waals surface area contributed by atoms with Crippen LogP contribution in [0.2, 0.25) is 5.02 Å². The van der Waals surface area contributed by atoms with Crippen molar-refractivity contribution >= 4 is 39.8 Å². The number of benzene rings is 2. The zero-order valence-electron chi connectivity index (χ0n) is 17.4. The van der Waals surface area contributed by atoms with Crippen LogP contribution in [0.25, 0.3) is 11.1 Å². The van der Waals surface area contributed by atoms with Gasteiger partial charge >= 0.3 is 5.97 Å². The molecule has 0 aliphatic carbocycles. The Morgan fingerprint density at radius 3 is 2.45 bits per heavy atom. The molecule has 0 aliphatic heterocycles. The molecular weight excluding hydrogens is 434 g/mol. The normalized spacial score (nSPS) is 10.5. The number of rotatable bonds is 9. The van der Waals surface area contributed by atoms with Crippen molar-refractivity contribution < 1.29 is 19.1 Å². The molecule has 7 heteroatoms. The van der Waals surface area contributed by atoms with Gasteiger partial charge in [0, 0.05) is 22.4 Å². The van der Waals surface area contributed by atoms with E-state index in [0.29, 0.717) is 34.4 Å². The van der Waals surface area contributed by atoms with Crippen molar-refractivity contribution in [2.45, 2.75) is 26.7 Å². The lowest BCUT2D eigenvalue weighted by atomic mass is 10.0. The number of hydrogen-bond acceptors (Lipinski definition) is 5. The fraction of sp³-hybridized carbons (Fsp3) is 0.250. The molecule has 0 spiro atoms.